The largest absolute Gasteiger partial charge is 0.479 e. The van der Waals surface area contributed by atoms with Crippen molar-refractivity contribution in [2.24, 2.45) is 0 Å². The van der Waals surface area contributed by atoms with Gasteiger partial charge in [-0.25, -0.2) is 13.6 Å². The fraction of sp³-hybridized carbons (Fsp3) is 0.333. The Hall–Kier alpha value is -3.58. The molecule has 3 aromatic carbocycles. The molecular formula is C30H31F2NO4. The van der Waals surface area contributed by atoms with Crippen LogP contribution in [0.1, 0.15) is 70.6 Å². The first kappa shape index (κ1) is 26.5. The summed E-state index contributed by atoms with van der Waals surface area (Å²) < 4.78 is 33.7. The molecule has 5 nitrogen and oxygen atoms in total. The Kier molecular flexibility index (Phi) is 6.95. The maximum Gasteiger partial charge on any atom is 0.337 e. The maximum atomic E-state index is 13.8. The zero-order valence-corrected chi connectivity index (χ0v) is 21.9. The molecule has 7 heteroatoms. The van der Waals surface area contributed by atoms with E-state index in [0.717, 1.165) is 57.1 Å². The average molecular weight is 508 g/mol. The molecule has 0 saturated carbocycles. The number of carbonyl (C=O) groups is 2. The molecule has 1 amide bonds. The number of carboxylic acid groups (broad SMARTS) is 1. The third-order valence-electron chi connectivity index (χ3n) is 6.71. The summed E-state index contributed by atoms with van der Waals surface area (Å²) in [5.74, 6) is -3.24. The molecule has 3 aromatic rings. The average Bonchev–Trinajstić information content (AvgIpc) is 3.25. The Balaban J connectivity index is 1.89. The zero-order valence-electron chi connectivity index (χ0n) is 21.9. The lowest BCUT2D eigenvalue weighted by atomic mass is 9.83. The van der Waals surface area contributed by atoms with Crippen molar-refractivity contribution in [2.45, 2.75) is 66.3 Å². The molecule has 1 aliphatic heterocycles. The van der Waals surface area contributed by atoms with Gasteiger partial charge >= 0.3 is 5.97 Å². The number of halogens is 2. The minimum Gasteiger partial charge on any atom is -0.479 e. The van der Waals surface area contributed by atoms with Crippen LogP contribution in [0.5, 0.6) is 0 Å². The van der Waals surface area contributed by atoms with Crippen LogP contribution in [-0.2, 0) is 22.6 Å². The number of ether oxygens (including phenoxy) is 1. The van der Waals surface area contributed by atoms with Gasteiger partial charge in [-0.15, -0.1) is 0 Å². The van der Waals surface area contributed by atoms with Crippen molar-refractivity contribution in [1.29, 1.82) is 0 Å². The van der Waals surface area contributed by atoms with E-state index in [-0.39, 0.29) is 18.7 Å². The third-order valence-corrected chi connectivity index (χ3v) is 6.71. The number of fused-ring (bicyclic) bond motifs is 1. The summed E-state index contributed by atoms with van der Waals surface area (Å²) in [5.41, 5.74) is 5.75. The van der Waals surface area contributed by atoms with E-state index in [4.69, 9.17) is 4.74 Å². The third kappa shape index (κ3) is 5.27. The van der Waals surface area contributed by atoms with Gasteiger partial charge in [-0.1, -0.05) is 29.8 Å². The van der Waals surface area contributed by atoms with Crippen molar-refractivity contribution >= 4 is 11.9 Å². The number of hydrogen-bond donors (Lipinski definition) is 1. The molecule has 4 rings (SSSR count). The number of carbonyl (C=O) groups excluding carboxylic acids is 1. The molecule has 194 valence electrons. The van der Waals surface area contributed by atoms with Crippen LogP contribution >= 0.6 is 0 Å². The van der Waals surface area contributed by atoms with Crippen molar-refractivity contribution in [3.63, 3.8) is 0 Å². The van der Waals surface area contributed by atoms with Crippen LogP contribution in [-0.4, -0.2) is 27.5 Å². The number of benzene rings is 3. The molecule has 0 saturated heterocycles. The van der Waals surface area contributed by atoms with Crippen LogP contribution in [0.4, 0.5) is 8.78 Å². The quantitative estimate of drug-likeness (QED) is 0.420. The van der Waals surface area contributed by atoms with Gasteiger partial charge in [-0.2, -0.15) is 0 Å². The molecule has 37 heavy (non-hydrogen) atoms. The van der Waals surface area contributed by atoms with E-state index in [9.17, 15) is 23.5 Å². The van der Waals surface area contributed by atoms with Crippen LogP contribution in [0.25, 0.3) is 11.1 Å². The Morgan fingerprint density at radius 2 is 1.46 bits per heavy atom. The highest BCUT2D eigenvalue weighted by atomic mass is 19.1. The van der Waals surface area contributed by atoms with Crippen LogP contribution in [0.3, 0.4) is 0 Å². The monoisotopic (exact) mass is 507 g/mol. The van der Waals surface area contributed by atoms with Crippen LogP contribution in [0.2, 0.25) is 0 Å². The number of carboxylic acids is 1. The van der Waals surface area contributed by atoms with Gasteiger partial charge < -0.3 is 14.7 Å². The second kappa shape index (κ2) is 9.71. The lowest BCUT2D eigenvalue weighted by molar-refractivity contribution is -0.160. The standard InChI is InChI=1S/C30H31F2NO4/c1-16-7-9-19(10-8-16)25-17(2)23-14-33(28(34)20-11-21(31)13-22(32)12-20)15-24(23)18(3)26(25)27(29(35)36)37-30(4,5)6/h7-13,27H,14-15H2,1-6H3,(H,35,36). The number of nitrogens with zero attached hydrogens (tertiary/aromatic N) is 1. The molecule has 1 aliphatic rings. The van der Waals surface area contributed by atoms with Gasteiger partial charge in [-0.05, 0) is 87.1 Å². The molecule has 0 bridgehead atoms. The molecule has 0 fully saturated rings. The molecule has 1 heterocycles. The van der Waals surface area contributed by atoms with Crippen LogP contribution < -0.4 is 0 Å². The van der Waals surface area contributed by atoms with Crippen molar-refractivity contribution in [3.05, 3.63) is 93.0 Å². The summed E-state index contributed by atoms with van der Waals surface area (Å²) >= 11 is 0. The number of amides is 1. The zero-order chi connectivity index (χ0) is 27.2. The second-order valence-corrected chi connectivity index (χ2v) is 10.6. The van der Waals surface area contributed by atoms with Gasteiger partial charge in [0.1, 0.15) is 11.6 Å². The Morgan fingerprint density at radius 1 is 0.919 bits per heavy atom. The summed E-state index contributed by atoms with van der Waals surface area (Å²) in [6.45, 7) is 11.6. The maximum absolute atomic E-state index is 13.8. The van der Waals surface area contributed by atoms with E-state index in [2.05, 4.69) is 0 Å². The fourth-order valence-electron chi connectivity index (χ4n) is 5.03. The molecule has 0 radical (unpaired) electrons. The van der Waals surface area contributed by atoms with Crippen molar-refractivity contribution < 1.29 is 28.2 Å². The number of aliphatic carboxylic acids is 1. The molecule has 0 aromatic heterocycles. The Morgan fingerprint density at radius 3 is 1.97 bits per heavy atom. The smallest absolute Gasteiger partial charge is 0.337 e. The van der Waals surface area contributed by atoms with Crippen LogP contribution in [0.15, 0.2) is 42.5 Å². The fourth-order valence-corrected chi connectivity index (χ4v) is 5.03. The van der Waals surface area contributed by atoms with E-state index in [1.807, 2.05) is 65.8 Å². The van der Waals surface area contributed by atoms with Crippen molar-refractivity contribution in [1.82, 2.24) is 4.90 Å². The van der Waals surface area contributed by atoms with Gasteiger partial charge in [-0.3, -0.25) is 4.79 Å². The Bertz CT molecular complexity index is 1370. The summed E-state index contributed by atoms with van der Waals surface area (Å²) in [5, 5.41) is 10.2. The summed E-state index contributed by atoms with van der Waals surface area (Å²) in [7, 11) is 0. The summed E-state index contributed by atoms with van der Waals surface area (Å²) in [4.78, 5) is 27.3. The van der Waals surface area contributed by atoms with E-state index < -0.39 is 35.2 Å². The highest BCUT2D eigenvalue weighted by Gasteiger charge is 2.36. The SMILES string of the molecule is Cc1ccc(-c2c(C)c3c(c(C)c2C(OC(C)(C)C)C(=O)O)CN(C(=O)c2cc(F)cc(F)c2)C3)cc1. The normalized spacial score (nSPS) is 14.0. The predicted octanol–water partition coefficient (Wildman–Crippen LogP) is 6.65. The number of hydrogen-bond acceptors (Lipinski definition) is 3. The molecule has 1 unspecified atom stereocenters. The van der Waals surface area contributed by atoms with E-state index in [0.29, 0.717) is 5.56 Å². The van der Waals surface area contributed by atoms with Crippen molar-refractivity contribution in [2.75, 3.05) is 0 Å². The first-order valence-corrected chi connectivity index (χ1v) is 12.1. The van der Waals surface area contributed by atoms with E-state index in [1.54, 1.807) is 0 Å². The first-order chi connectivity index (χ1) is 17.3. The summed E-state index contributed by atoms with van der Waals surface area (Å²) in [6, 6.07) is 10.6. The topological polar surface area (TPSA) is 66.8 Å². The molecule has 1 atom stereocenters. The van der Waals surface area contributed by atoms with E-state index in [1.165, 1.54) is 4.90 Å². The molecule has 1 N–H and O–H groups in total. The minimum atomic E-state index is -1.23. The second-order valence-electron chi connectivity index (χ2n) is 10.6. The van der Waals surface area contributed by atoms with Gasteiger partial charge in [0, 0.05) is 30.3 Å². The van der Waals surface area contributed by atoms with Crippen LogP contribution in [0, 0.1) is 32.4 Å². The highest BCUT2D eigenvalue weighted by molar-refractivity contribution is 5.95. The van der Waals surface area contributed by atoms with Gasteiger partial charge in [0.25, 0.3) is 5.91 Å². The van der Waals surface area contributed by atoms with E-state index >= 15 is 0 Å². The van der Waals surface area contributed by atoms with Crippen molar-refractivity contribution in [3.8, 4) is 11.1 Å². The molecule has 0 spiro atoms. The molecule has 0 aliphatic carbocycles. The minimum absolute atomic E-state index is 0.0703. The van der Waals surface area contributed by atoms with Gasteiger partial charge in [0.15, 0.2) is 6.10 Å². The Labute approximate surface area is 215 Å². The number of rotatable bonds is 5. The highest BCUT2D eigenvalue weighted by Crippen LogP contribution is 2.44. The summed E-state index contributed by atoms with van der Waals surface area (Å²) in [6.07, 6.45) is -1.23. The predicted molar refractivity (Wildman–Crippen MR) is 137 cm³/mol. The lowest BCUT2D eigenvalue weighted by Crippen LogP contribution is -2.28. The van der Waals surface area contributed by atoms with Gasteiger partial charge in [0.05, 0.1) is 5.60 Å². The molecular weight excluding hydrogens is 476 g/mol. The lowest BCUT2D eigenvalue weighted by Gasteiger charge is -2.29. The first-order valence-electron chi connectivity index (χ1n) is 12.1. The van der Waals surface area contributed by atoms with Gasteiger partial charge in [0.2, 0.25) is 0 Å². The number of aryl methyl sites for hydroxylation is 1.